The van der Waals surface area contributed by atoms with E-state index in [1.807, 2.05) is 27.7 Å². The van der Waals surface area contributed by atoms with Crippen molar-refractivity contribution in [3.63, 3.8) is 0 Å². The Morgan fingerprint density at radius 2 is 1.26 bits per heavy atom. The van der Waals surface area contributed by atoms with Gasteiger partial charge in [0.05, 0.1) is 26.7 Å². The maximum Gasteiger partial charge on any atom is 1.00 e. The van der Waals surface area contributed by atoms with Crippen molar-refractivity contribution in [1.82, 2.24) is 0 Å². The molecule has 0 saturated carbocycles. The Morgan fingerprint density at radius 1 is 0.806 bits per heavy atom. The van der Waals surface area contributed by atoms with Gasteiger partial charge in [0.15, 0.2) is 0 Å². The number of hydrogen-bond acceptors (Lipinski definition) is 9. The minimum absolute atomic E-state index is 0. The monoisotopic (exact) mass is 510 g/mol. The van der Waals surface area contributed by atoms with E-state index in [1.54, 1.807) is 6.92 Å². The van der Waals surface area contributed by atoms with E-state index in [4.69, 9.17) is 0 Å². The van der Waals surface area contributed by atoms with Crippen LogP contribution in [-0.4, -0.2) is 21.4 Å². The molecule has 0 saturated heterocycles. The third-order valence-electron chi connectivity index (χ3n) is 3.36. The van der Waals surface area contributed by atoms with E-state index in [0.29, 0.717) is 22.5 Å². The average molecular weight is 511 g/mol. The molecule has 0 aromatic heterocycles. The number of rotatable bonds is 6. The first-order valence-corrected chi connectivity index (χ1v) is 12.3. The third kappa shape index (κ3) is 10.6. The predicted octanol–water partition coefficient (Wildman–Crippen LogP) is -2.67. The molecule has 0 aliphatic rings. The van der Waals surface area contributed by atoms with Gasteiger partial charge in [0.2, 0.25) is 9.84 Å². The standard InChI is InChI=1S/C14H14O8S3.2C2H6.2Na/c1-9-3-5-11(7-13(9)23-22-21-15)24(16,17)12-6-4-10(2)14(8-12)25(18,19)20;2*1-2;;/h3-8,15H,1-2H3,(H,18,19,20);2*1-2H3;;/q;;;2*+1/p-2. The van der Waals surface area contributed by atoms with Gasteiger partial charge in [-0.15, -0.1) is 0 Å². The Morgan fingerprint density at radius 3 is 1.71 bits per heavy atom. The normalized spacial score (nSPS) is 10.3. The molecule has 0 amide bonds. The summed E-state index contributed by atoms with van der Waals surface area (Å²) in [6.45, 7) is 11.1. The number of aryl methyl sites for hydroxylation is 2. The van der Waals surface area contributed by atoms with Crippen LogP contribution in [0.15, 0.2) is 56.0 Å². The van der Waals surface area contributed by atoms with Crippen LogP contribution < -0.4 is 64.4 Å². The maximum atomic E-state index is 12.7. The first kappa shape index (κ1) is 36.1. The van der Waals surface area contributed by atoms with Crippen LogP contribution in [0.3, 0.4) is 0 Å². The third-order valence-corrected chi connectivity index (χ3v) is 6.83. The van der Waals surface area contributed by atoms with Gasteiger partial charge < -0.3 is 9.81 Å². The fourth-order valence-corrected chi connectivity index (χ4v) is 4.71. The molecule has 2 aromatic rings. The molecule has 0 heterocycles. The molecule has 8 nitrogen and oxygen atoms in total. The molecule has 0 unspecified atom stereocenters. The van der Waals surface area contributed by atoms with Gasteiger partial charge in [-0.2, -0.15) is 4.33 Å². The molecule has 0 aliphatic heterocycles. The predicted molar refractivity (Wildman–Crippen MR) is 106 cm³/mol. The molecule has 0 aliphatic carbocycles. The summed E-state index contributed by atoms with van der Waals surface area (Å²) in [7, 11) is -8.91. The van der Waals surface area contributed by atoms with Gasteiger partial charge in [-0.05, 0) is 49.2 Å². The molecule has 164 valence electrons. The van der Waals surface area contributed by atoms with Crippen LogP contribution in [0.2, 0.25) is 0 Å². The van der Waals surface area contributed by atoms with Crippen LogP contribution in [0, 0.1) is 13.8 Å². The number of hydrogen-bond donors (Lipinski definition) is 0. The van der Waals surface area contributed by atoms with Gasteiger partial charge in [0.25, 0.3) is 0 Å². The molecule has 13 heteroatoms. The van der Waals surface area contributed by atoms with Crippen molar-refractivity contribution in [3.8, 4) is 0 Å². The van der Waals surface area contributed by atoms with Crippen molar-refractivity contribution in [1.29, 1.82) is 0 Å². The van der Waals surface area contributed by atoms with Gasteiger partial charge in [-0.3, -0.25) is 5.04 Å². The quantitative estimate of drug-likeness (QED) is 0.134. The van der Waals surface area contributed by atoms with Gasteiger partial charge >= 0.3 is 59.1 Å². The molecular formula is C18H24Na2O8S3. The van der Waals surface area contributed by atoms with E-state index in [0.717, 1.165) is 6.07 Å². The second-order valence-electron chi connectivity index (χ2n) is 5.03. The van der Waals surface area contributed by atoms with E-state index in [9.17, 15) is 26.6 Å². The van der Waals surface area contributed by atoms with Crippen LogP contribution in [0.5, 0.6) is 0 Å². The van der Waals surface area contributed by atoms with E-state index in [2.05, 4.69) is 9.37 Å². The summed E-state index contributed by atoms with van der Waals surface area (Å²) in [5, 5.41) is 13.2. The first-order valence-electron chi connectivity index (χ1n) is 8.63. The van der Waals surface area contributed by atoms with E-state index in [1.165, 1.54) is 37.3 Å². The summed E-state index contributed by atoms with van der Waals surface area (Å²) < 4.78 is 63.5. The Hall–Kier alpha value is 0.530. The van der Waals surface area contributed by atoms with Crippen molar-refractivity contribution in [2.45, 2.75) is 61.1 Å². The van der Waals surface area contributed by atoms with Crippen LogP contribution in [0.4, 0.5) is 0 Å². The van der Waals surface area contributed by atoms with E-state index < -0.39 is 24.9 Å². The van der Waals surface area contributed by atoms with Crippen LogP contribution in [-0.2, 0) is 29.3 Å². The number of benzene rings is 2. The smallest absolute Gasteiger partial charge is 0.744 e. The van der Waals surface area contributed by atoms with Crippen LogP contribution >= 0.6 is 12.0 Å². The Kier molecular flexibility index (Phi) is 19.8. The van der Waals surface area contributed by atoms with E-state index in [-0.39, 0.29) is 74.5 Å². The summed E-state index contributed by atoms with van der Waals surface area (Å²) in [6, 6.07) is 7.34. The molecular weight excluding hydrogens is 486 g/mol. The van der Waals surface area contributed by atoms with Crippen LogP contribution in [0.1, 0.15) is 38.8 Å². The molecule has 31 heavy (non-hydrogen) atoms. The molecule has 2 aromatic carbocycles. The van der Waals surface area contributed by atoms with Crippen molar-refractivity contribution in [2.75, 3.05) is 0 Å². The van der Waals surface area contributed by atoms with Crippen molar-refractivity contribution in [2.24, 2.45) is 0 Å². The molecule has 0 bridgehead atoms. The molecule has 0 atom stereocenters. The maximum absolute atomic E-state index is 12.7. The van der Waals surface area contributed by atoms with Gasteiger partial charge in [-0.1, -0.05) is 39.8 Å². The molecule has 0 fully saturated rings. The van der Waals surface area contributed by atoms with Gasteiger partial charge in [0.1, 0.15) is 10.1 Å². The minimum Gasteiger partial charge on any atom is -0.744 e. The summed E-state index contributed by atoms with van der Waals surface area (Å²) >= 11 is 0.537. The summed E-state index contributed by atoms with van der Waals surface area (Å²) in [5.74, 6) is 0. The first-order chi connectivity index (χ1) is 13.6. The topological polar surface area (TPSA) is 133 Å². The van der Waals surface area contributed by atoms with Gasteiger partial charge in [0, 0.05) is 4.90 Å². The average Bonchev–Trinajstić information content (AvgIpc) is 2.69. The summed E-state index contributed by atoms with van der Waals surface area (Å²) in [5.41, 5.74) is 0.780. The second kappa shape index (κ2) is 17.0. The minimum atomic E-state index is -4.82. The zero-order chi connectivity index (χ0) is 22.8. The fourth-order valence-electron chi connectivity index (χ4n) is 2.04. The molecule has 2 rings (SSSR count). The number of sulfone groups is 1. The summed E-state index contributed by atoms with van der Waals surface area (Å²) in [4.78, 5) is -0.777. The summed E-state index contributed by atoms with van der Waals surface area (Å²) in [6.07, 6.45) is 0. The van der Waals surface area contributed by atoms with E-state index >= 15 is 0 Å². The molecule has 0 N–H and O–H groups in total. The van der Waals surface area contributed by atoms with Crippen LogP contribution in [0.25, 0.3) is 0 Å². The Labute approximate surface area is 233 Å². The van der Waals surface area contributed by atoms with Gasteiger partial charge in [-0.25, -0.2) is 16.8 Å². The van der Waals surface area contributed by atoms with Crippen molar-refractivity contribution >= 4 is 32.0 Å². The zero-order valence-electron chi connectivity index (χ0n) is 19.0. The SMILES string of the molecule is CC.CC.Cc1ccc(S(=O)(=O)c2ccc(C)c(S(=O)(=O)[O-])c2)cc1SOO[O-].[Na+].[Na+]. The zero-order valence-corrected chi connectivity index (χ0v) is 25.4. The van der Waals surface area contributed by atoms with Crippen molar-refractivity contribution < 1.29 is 95.1 Å². The van der Waals surface area contributed by atoms with Crippen molar-refractivity contribution in [3.05, 3.63) is 47.5 Å². The fraction of sp³-hybridized carbons (Fsp3) is 0.333. The Bertz CT molecular complexity index is 1010. The Balaban J connectivity index is -0.00000123. The second-order valence-corrected chi connectivity index (χ2v) is 9.07. The largest absolute Gasteiger partial charge is 1.00 e. The molecule has 0 radical (unpaired) electrons. The molecule has 0 spiro atoms.